The van der Waals surface area contributed by atoms with E-state index in [0.717, 1.165) is 5.01 Å². The molecule has 0 radical (unpaired) electrons. The Labute approximate surface area is 119 Å². The van der Waals surface area contributed by atoms with Crippen LogP contribution in [-0.2, 0) is 4.74 Å². The number of hydrogen-bond donors (Lipinski definition) is 0. The molecule has 0 unspecified atom stereocenters. The summed E-state index contributed by atoms with van der Waals surface area (Å²) < 4.78 is 4.99. The van der Waals surface area contributed by atoms with Crippen LogP contribution in [0.1, 0.15) is 21.6 Å². The molecule has 2 aromatic rings. The normalized spacial score (nSPS) is 10.3. The maximum atomic E-state index is 11.9. The van der Waals surface area contributed by atoms with Crippen molar-refractivity contribution in [1.29, 1.82) is 0 Å². The van der Waals surface area contributed by atoms with E-state index < -0.39 is 10.9 Å². The maximum Gasteiger partial charge on any atom is 0.350 e. The predicted octanol–water partition coefficient (Wildman–Crippen LogP) is 3.20. The van der Waals surface area contributed by atoms with Crippen molar-refractivity contribution in [2.75, 3.05) is 6.61 Å². The average molecular weight is 292 g/mol. The number of nitro groups is 1. The van der Waals surface area contributed by atoms with Gasteiger partial charge in [-0.2, -0.15) is 0 Å². The summed E-state index contributed by atoms with van der Waals surface area (Å²) in [5.41, 5.74) is 1.15. The Morgan fingerprint density at radius 1 is 1.40 bits per heavy atom. The number of aromatic nitrogens is 1. The molecule has 0 atom stereocenters. The van der Waals surface area contributed by atoms with Crippen LogP contribution >= 0.6 is 11.3 Å². The smallest absolute Gasteiger partial charge is 0.350 e. The number of carbonyl (C=O) groups excluding carboxylic acids is 1. The zero-order chi connectivity index (χ0) is 14.7. The van der Waals surface area contributed by atoms with E-state index in [4.69, 9.17) is 4.74 Å². The summed E-state index contributed by atoms with van der Waals surface area (Å²) in [7, 11) is 0. The van der Waals surface area contributed by atoms with Gasteiger partial charge in [-0.25, -0.2) is 9.78 Å². The van der Waals surface area contributed by atoms with Crippen LogP contribution in [0.5, 0.6) is 0 Å². The molecule has 1 aromatic heterocycles. The highest BCUT2D eigenvalue weighted by Crippen LogP contribution is 2.29. The summed E-state index contributed by atoms with van der Waals surface area (Å²) >= 11 is 1.25. The molecule has 104 valence electrons. The number of aryl methyl sites for hydroxylation is 1. The minimum Gasteiger partial charge on any atom is -0.462 e. The highest BCUT2D eigenvalue weighted by atomic mass is 32.1. The molecule has 0 spiro atoms. The molecular formula is C13H12N2O4S. The number of benzene rings is 1. The van der Waals surface area contributed by atoms with Crippen LogP contribution in [0.3, 0.4) is 0 Å². The molecule has 6 nitrogen and oxygen atoms in total. The minimum atomic E-state index is -0.470. The molecule has 0 saturated carbocycles. The number of hydrogen-bond acceptors (Lipinski definition) is 6. The van der Waals surface area contributed by atoms with Gasteiger partial charge in [0.05, 0.1) is 22.2 Å². The van der Waals surface area contributed by atoms with Crippen LogP contribution in [0.15, 0.2) is 24.3 Å². The van der Waals surface area contributed by atoms with Gasteiger partial charge in [-0.05, 0) is 26.0 Å². The van der Waals surface area contributed by atoms with Gasteiger partial charge in [0.1, 0.15) is 4.88 Å². The Hall–Kier alpha value is -2.28. The molecule has 20 heavy (non-hydrogen) atoms. The third kappa shape index (κ3) is 2.83. The lowest BCUT2D eigenvalue weighted by atomic mass is 10.1. The van der Waals surface area contributed by atoms with Gasteiger partial charge >= 0.3 is 5.97 Å². The first kappa shape index (κ1) is 14.1. The maximum absolute atomic E-state index is 11.9. The van der Waals surface area contributed by atoms with E-state index in [1.165, 1.54) is 23.5 Å². The molecule has 0 aliphatic carbocycles. The summed E-state index contributed by atoms with van der Waals surface area (Å²) in [6.45, 7) is 3.81. The van der Waals surface area contributed by atoms with Crippen molar-refractivity contribution < 1.29 is 14.5 Å². The van der Waals surface area contributed by atoms with Crippen molar-refractivity contribution in [2.24, 2.45) is 0 Å². The number of non-ortho nitro benzene ring substituents is 1. The van der Waals surface area contributed by atoms with Crippen molar-refractivity contribution >= 4 is 23.0 Å². The SMILES string of the molecule is CCOC(=O)c1sc(C)nc1-c1ccc([N+](=O)[O-])cc1. The van der Waals surface area contributed by atoms with E-state index in [-0.39, 0.29) is 12.3 Å². The Bertz CT molecular complexity index is 649. The van der Waals surface area contributed by atoms with Crippen LogP contribution in [0.25, 0.3) is 11.3 Å². The van der Waals surface area contributed by atoms with Crippen LogP contribution in [0, 0.1) is 17.0 Å². The lowest BCUT2D eigenvalue weighted by Crippen LogP contribution is -2.04. The van der Waals surface area contributed by atoms with Gasteiger partial charge in [0.25, 0.3) is 5.69 Å². The molecule has 2 rings (SSSR count). The van der Waals surface area contributed by atoms with Crippen molar-refractivity contribution in [3.8, 4) is 11.3 Å². The second-order valence-electron chi connectivity index (χ2n) is 3.94. The van der Waals surface area contributed by atoms with E-state index in [0.29, 0.717) is 16.1 Å². The van der Waals surface area contributed by atoms with Gasteiger partial charge in [-0.1, -0.05) is 0 Å². The quantitative estimate of drug-likeness (QED) is 0.491. The molecular weight excluding hydrogens is 280 g/mol. The van der Waals surface area contributed by atoms with Gasteiger partial charge in [0.2, 0.25) is 0 Å². The topological polar surface area (TPSA) is 82.3 Å². The van der Waals surface area contributed by atoms with E-state index in [1.54, 1.807) is 26.0 Å². The van der Waals surface area contributed by atoms with Gasteiger partial charge in [-0.15, -0.1) is 11.3 Å². The third-order valence-electron chi connectivity index (χ3n) is 2.55. The zero-order valence-corrected chi connectivity index (χ0v) is 11.8. The van der Waals surface area contributed by atoms with Gasteiger partial charge in [-0.3, -0.25) is 10.1 Å². The number of esters is 1. The molecule has 7 heteroatoms. The molecule has 0 amide bonds. The molecule has 0 N–H and O–H groups in total. The van der Waals surface area contributed by atoms with Crippen molar-refractivity contribution in [3.05, 3.63) is 44.3 Å². The van der Waals surface area contributed by atoms with Crippen LogP contribution in [0.4, 0.5) is 5.69 Å². The summed E-state index contributed by atoms with van der Waals surface area (Å²) in [4.78, 5) is 26.8. The minimum absolute atomic E-state index is 0.00149. The molecule has 1 heterocycles. The lowest BCUT2D eigenvalue weighted by molar-refractivity contribution is -0.384. The van der Waals surface area contributed by atoms with Crippen LogP contribution in [0.2, 0.25) is 0 Å². The fourth-order valence-corrected chi connectivity index (χ4v) is 2.53. The number of carbonyl (C=O) groups is 1. The summed E-state index contributed by atoms with van der Waals surface area (Å²) in [6, 6.07) is 5.93. The molecule has 0 saturated heterocycles. The first-order valence-corrected chi connectivity index (χ1v) is 6.74. The van der Waals surface area contributed by atoms with Gasteiger partial charge < -0.3 is 4.74 Å². The Balaban J connectivity index is 2.41. The first-order valence-electron chi connectivity index (χ1n) is 5.92. The van der Waals surface area contributed by atoms with Crippen molar-refractivity contribution in [1.82, 2.24) is 4.98 Å². The average Bonchev–Trinajstić information content (AvgIpc) is 2.81. The summed E-state index contributed by atoms with van der Waals surface area (Å²) in [5.74, 6) is -0.425. The number of thiazole rings is 1. The van der Waals surface area contributed by atoms with Crippen LogP contribution in [-0.4, -0.2) is 22.5 Å². The van der Waals surface area contributed by atoms with E-state index in [9.17, 15) is 14.9 Å². The molecule has 0 bridgehead atoms. The molecule has 0 aliphatic heterocycles. The second-order valence-corrected chi connectivity index (χ2v) is 5.14. The number of nitro benzene ring substituents is 1. The van der Waals surface area contributed by atoms with Gasteiger partial charge in [0, 0.05) is 17.7 Å². The monoisotopic (exact) mass is 292 g/mol. The molecule has 0 fully saturated rings. The number of ether oxygens (including phenoxy) is 1. The van der Waals surface area contributed by atoms with Crippen molar-refractivity contribution in [2.45, 2.75) is 13.8 Å². The number of nitrogens with zero attached hydrogens (tertiary/aromatic N) is 2. The molecule has 1 aromatic carbocycles. The zero-order valence-electron chi connectivity index (χ0n) is 11.0. The van der Waals surface area contributed by atoms with E-state index in [2.05, 4.69) is 4.98 Å². The predicted molar refractivity (Wildman–Crippen MR) is 74.9 cm³/mol. The Morgan fingerprint density at radius 2 is 2.05 bits per heavy atom. The van der Waals surface area contributed by atoms with Gasteiger partial charge in [0.15, 0.2) is 0 Å². The Morgan fingerprint density at radius 3 is 2.60 bits per heavy atom. The van der Waals surface area contributed by atoms with Crippen molar-refractivity contribution in [3.63, 3.8) is 0 Å². The number of rotatable bonds is 4. The standard InChI is InChI=1S/C13H12N2O4S/c1-3-19-13(16)12-11(14-8(2)20-12)9-4-6-10(7-5-9)15(17)18/h4-7H,3H2,1-2H3. The summed E-state index contributed by atoms with van der Waals surface area (Å²) in [5, 5.41) is 11.4. The second kappa shape index (κ2) is 5.79. The lowest BCUT2D eigenvalue weighted by Gasteiger charge is -2.02. The first-order chi connectivity index (χ1) is 9.52. The van der Waals surface area contributed by atoms with E-state index >= 15 is 0 Å². The molecule has 0 aliphatic rings. The Kier molecular flexibility index (Phi) is 4.09. The fourth-order valence-electron chi connectivity index (χ4n) is 1.70. The third-order valence-corrected chi connectivity index (χ3v) is 3.50. The van der Waals surface area contributed by atoms with Crippen LogP contribution < -0.4 is 0 Å². The summed E-state index contributed by atoms with van der Waals surface area (Å²) in [6.07, 6.45) is 0. The largest absolute Gasteiger partial charge is 0.462 e. The van der Waals surface area contributed by atoms with E-state index in [1.807, 2.05) is 0 Å². The fraction of sp³-hybridized carbons (Fsp3) is 0.231. The highest BCUT2D eigenvalue weighted by molar-refractivity contribution is 7.14. The highest BCUT2D eigenvalue weighted by Gasteiger charge is 2.19.